The second kappa shape index (κ2) is 2.92. The number of rotatable bonds is 2. The first-order valence-corrected chi connectivity index (χ1v) is 3.74. The van der Waals surface area contributed by atoms with E-state index in [9.17, 15) is 13.0 Å². The first-order chi connectivity index (χ1) is 4.72. The Labute approximate surface area is 58.7 Å². The summed E-state index contributed by atoms with van der Waals surface area (Å²) in [6.07, 6.45) is 2.75. The van der Waals surface area contributed by atoms with Crippen LogP contribution in [0.5, 0.6) is 0 Å². The van der Waals surface area contributed by atoms with Crippen LogP contribution in [0.25, 0.3) is 0 Å². The summed E-state index contributed by atoms with van der Waals surface area (Å²) in [5, 5.41) is 0. The molecule has 1 heterocycles. The highest BCUT2D eigenvalue weighted by atomic mass is 32.2. The maximum Gasteiger partial charge on any atom is 0.316 e. The summed E-state index contributed by atoms with van der Waals surface area (Å²) in [4.78, 5) is 2.67. The van der Waals surface area contributed by atoms with Crippen LogP contribution in [-0.4, -0.2) is 15.0 Å². The molecular weight excluding hydrogens is 160 g/mol. The van der Waals surface area contributed by atoms with Gasteiger partial charge < -0.3 is 4.98 Å². The summed E-state index contributed by atoms with van der Waals surface area (Å²) >= 11 is 0. The third-order valence-electron chi connectivity index (χ3n) is 0.964. The molecule has 0 fully saturated rings. The number of halogens is 2. The molecule has 0 amide bonds. The van der Waals surface area contributed by atoms with Gasteiger partial charge in [-0.25, -0.2) is 4.21 Å². The normalized spacial score (nSPS) is 13.9. The summed E-state index contributed by atoms with van der Waals surface area (Å²) in [5.41, 5.74) is 0. The molecule has 0 bridgehead atoms. The highest BCUT2D eigenvalue weighted by Gasteiger charge is 2.14. The maximum absolute atomic E-state index is 11.7. The van der Waals surface area contributed by atoms with E-state index in [1.165, 1.54) is 18.5 Å². The number of aromatic amines is 1. The SMILES string of the molecule is O=S(c1cc[nH]c1)C(F)F. The molecule has 1 unspecified atom stereocenters. The first kappa shape index (κ1) is 7.40. The van der Waals surface area contributed by atoms with E-state index >= 15 is 0 Å². The van der Waals surface area contributed by atoms with E-state index in [4.69, 9.17) is 0 Å². The zero-order valence-corrected chi connectivity index (χ0v) is 5.70. The van der Waals surface area contributed by atoms with Crippen LogP contribution in [0.15, 0.2) is 23.4 Å². The standard InChI is InChI=1S/C5H5F2NOS/c6-5(7)10(9)4-1-2-8-3-4/h1-3,5,8H. The monoisotopic (exact) mass is 165 g/mol. The molecule has 0 aromatic carbocycles. The second-order valence-corrected chi connectivity index (χ2v) is 3.03. The second-order valence-electron chi connectivity index (χ2n) is 1.60. The lowest BCUT2D eigenvalue weighted by Gasteiger charge is -1.93. The third kappa shape index (κ3) is 1.41. The van der Waals surface area contributed by atoms with Gasteiger partial charge in [-0.2, -0.15) is 8.78 Å². The van der Waals surface area contributed by atoms with Crippen LogP contribution in [0.3, 0.4) is 0 Å². The topological polar surface area (TPSA) is 32.9 Å². The summed E-state index contributed by atoms with van der Waals surface area (Å²) in [5.74, 6) is -2.80. The van der Waals surface area contributed by atoms with Crippen LogP contribution in [0.2, 0.25) is 0 Å². The molecule has 1 aromatic rings. The van der Waals surface area contributed by atoms with E-state index in [1.807, 2.05) is 0 Å². The van der Waals surface area contributed by atoms with Crippen molar-refractivity contribution in [2.45, 2.75) is 10.7 Å². The summed E-state index contributed by atoms with van der Waals surface area (Å²) in [7, 11) is -2.17. The summed E-state index contributed by atoms with van der Waals surface area (Å²) in [6, 6.07) is 1.36. The van der Waals surface area contributed by atoms with E-state index in [0.717, 1.165) is 0 Å². The lowest BCUT2D eigenvalue weighted by molar-refractivity contribution is 0.244. The highest BCUT2D eigenvalue weighted by Crippen LogP contribution is 2.11. The summed E-state index contributed by atoms with van der Waals surface area (Å²) in [6.45, 7) is 0. The van der Waals surface area contributed by atoms with Crippen LogP contribution in [0.4, 0.5) is 8.78 Å². The molecule has 0 saturated heterocycles. The zero-order valence-electron chi connectivity index (χ0n) is 4.88. The number of alkyl halides is 2. The predicted octanol–water partition coefficient (Wildman–Crippen LogP) is 1.34. The molecule has 0 spiro atoms. The van der Waals surface area contributed by atoms with Crippen LogP contribution >= 0.6 is 0 Å². The molecule has 1 rings (SSSR count). The van der Waals surface area contributed by atoms with Crippen molar-refractivity contribution < 1.29 is 13.0 Å². The molecule has 5 heteroatoms. The molecule has 0 radical (unpaired) electrons. The Morgan fingerprint density at radius 1 is 1.60 bits per heavy atom. The van der Waals surface area contributed by atoms with Gasteiger partial charge in [-0.15, -0.1) is 0 Å². The fourth-order valence-corrected chi connectivity index (χ4v) is 1.13. The van der Waals surface area contributed by atoms with Crippen molar-refractivity contribution in [3.8, 4) is 0 Å². The van der Waals surface area contributed by atoms with Gasteiger partial charge in [0, 0.05) is 12.4 Å². The van der Waals surface area contributed by atoms with Crippen molar-refractivity contribution in [2.24, 2.45) is 0 Å². The van der Waals surface area contributed by atoms with Crippen molar-refractivity contribution in [2.75, 3.05) is 0 Å². The van der Waals surface area contributed by atoms with Gasteiger partial charge in [-0.05, 0) is 6.07 Å². The molecule has 10 heavy (non-hydrogen) atoms. The van der Waals surface area contributed by atoms with E-state index in [-0.39, 0.29) is 4.90 Å². The highest BCUT2D eigenvalue weighted by molar-refractivity contribution is 7.85. The molecule has 0 aliphatic rings. The maximum atomic E-state index is 11.7. The quantitative estimate of drug-likeness (QED) is 0.704. The van der Waals surface area contributed by atoms with Crippen molar-refractivity contribution in [3.05, 3.63) is 18.5 Å². The number of nitrogens with one attached hydrogen (secondary N) is 1. The molecule has 0 saturated carbocycles. The molecule has 0 aliphatic heterocycles. The number of H-pyrrole nitrogens is 1. The van der Waals surface area contributed by atoms with Gasteiger partial charge >= 0.3 is 5.76 Å². The van der Waals surface area contributed by atoms with Crippen LogP contribution in [-0.2, 0) is 10.8 Å². The average Bonchev–Trinajstić information content (AvgIpc) is 2.36. The van der Waals surface area contributed by atoms with Crippen molar-refractivity contribution in [1.82, 2.24) is 4.98 Å². The smallest absolute Gasteiger partial charge is 0.316 e. The Hall–Kier alpha value is -0.710. The average molecular weight is 165 g/mol. The Bertz CT molecular complexity index is 222. The van der Waals surface area contributed by atoms with E-state index in [0.29, 0.717) is 0 Å². The molecule has 1 N–H and O–H groups in total. The predicted molar refractivity (Wildman–Crippen MR) is 33.2 cm³/mol. The van der Waals surface area contributed by atoms with E-state index < -0.39 is 16.6 Å². The largest absolute Gasteiger partial charge is 0.367 e. The number of hydrogen-bond acceptors (Lipinski definition) is 1. The van der Waals surface area contributed by atoms with Gasteiger partial charge in [0.2, 0.25) is 0 Å². The first-order valence-electron chi connectivity index (χ1n) is 2.53. The molecule has 1 atom stereocenters. The van der Waals surface area contributed by atoms with Gasteiger partial charge in [0.05, 0.1) is 4.90 Å². The van der Waals surface area contributed by atoms with Gasteiger partial charge in [0.1, 0.15) is 10.8 Å². The number of aromatic nitrogens is 1. The van der Waals surface area contributed by atoms with Gasteiger partial charge in [-0.3, -0.25) is 0 Å². The minimum atomic E-state index is -2.80. The lowest BCUT2D eigenvalue weighted by atomic mass is 10.7. The Balaban J connectivity index is 2.78. The Kier molecular flexibility index (Phi) is 2.16. The minimum absolute atomic E-state index is 0.134. The molecule has 56 valence electrons. The molecular formula is C5H5F2NOS. The van der Waals surface area contributed by atoms with Gasteiger partial charge in [-0.1, -0.05) is 0 Å². The fourth-order valence-electron chi connectivity index (χ4n) is 0.537. The molecule has 2 nitrogen and oxygen atoms in total. The lowest BCUT2D eigenvalue weighted by Crippen LogP contribution is -2.00. The molecule has 1 aromatic heterocycles. The van der Waals surface area contributed by atoms with Crippen molar-refractivity contribution in [3.63, 3.8) is 0 Å². The summed E-state index contributed by atoms with van der Waals surface area (Å²) < 4.78 is 33.9. The van der Waals surface area contributed by atoms with Gasteiger partial charge in [0.25, 0.3) is 0 Å². The van der Waals surface area contributed by atoms with Crippen LogP contribution in [0, 0.1) is 0 Å². The number of hydrogen-bond donors (Lipinski definition) is 1. The fraction of sp³-hybridized carbons (Fsp3) is 0.200. The van der Waals surface area contributed by atoms with E-state index in [1.54, 1.807) is 0 Å². The zero-order chi connectivity index (χ0) is 7.56. The van der Waals surface area contributed by atoms with Crippen LogP contribution in [0.1, 0.15) is 0 Å². The van der Waals surface area contributed by atoms with Gasteiger partial charge in [0.15, 0.2) is 0 Å². The van der Waals surface area contributed by atoms with Crippen LogP contribution < -0.4 is 0 Å². The van der Waals surface area contributed by atoms with Crippen molar-refractivity contribution >= 4 is 10.8 Å². The Morgan fingerprint density at radius 2 is 2.30 bits per heavy atom. The van der Waals surface area contributed by atoms with E-state index in [2.05, 4.69) is 4.98 Å². The Morgan fingerprint density at radius 3 is 2.70 bits per heavy atom. The van der Waals surface area contributed by atoms with Crippen molar-refractivity contribution in [1.29, 1.82) is 0 Å². The third-order valence-corrected chi connectivity index (χ3v) is 2.01. The molecule has 0 aliphatic carbocycles. The minimum Gasteiger partial charge on any atom is -0.367 e.